The average molecular weight is 190 g/mol. The Kier molecular flexibility index (Phi) is 3.37. The van der Waals surface area contributed by atoms with E-state index in [1.807, 2.05) is 18.5 Å². The van der Waals surface area contributed by atoms with E-state index >= 15 is 0 Å². The quantitative estimate of drug-likeness (QED) is 0.771. The van der Waals surface area contributed by atoms with Gasteiger partial charge in [-0.1, -0.05) is 11.6 Å². The maximum absolute atomic E-state index is 5.92. The number of hydrogen-bond donors (Lipinski definition) is 1. The second kappa shape index (κ2) is 4.10. The second-order valence-electron chi connectivity index (χ2n) is 2.59. The highest BCUT2D eigenvalue weighted by Gasteiger charge is 2.05. The van der Waals surface area contributed by atoms with Crippen LogP contribution >= 0.6 is 22.9 Å². The Morgan fingerprint density at radius 2 is 2.45 bits per heavy atom. The van der Waals surface area contributed by atoms with Crippen molar-refractivity contribution in [3.05, 3.63) is 21.3 Å². The Morgan fingerprint density at radius 3 is 2.91 bits per heavy atom. The van der Waals surface area contributed by atoms with Crippen molar-refractivity contribution in [1.82, 2.24) is 5.32 Å². The minimum Gasteiger partial charge on any atom is -0.317 e. The van der Waals surface area contributed by atoms with Crippen LogP contribution in [-0.4, -0.2) is 13.1 Å². The third kappa shape index (κ3) is 2.47. The normalized spacial score (nSPS) is 13.4. The van der Waals surface area contributed by atoms with Gasteiger partial charge < -0.3 is 5.32 Å². The maximum Gasteiger partial charge on any atom is 0.0545 e. The summed E-state index contributed by atoms with van der Waals surface area (Å²) < 4.78 is 0. The fourth-order valence-electron chi connectivity index (χ4n) is 0.851. The average Bonchev–Trinajstić information content (AvgIpc) is 2.37. The molecule has 1 heterocycles. The number of likely N-dealkylation sites (N-methyl/N-ethyl adjacent to an activating group) is 1. The predicted octanol–water partition coefficient (Wildman–Crippen LogP) is 2.55. The van der Waals surface area contributed by atoms with E-state index in [4.69, 9.17) is 11.6 Å². The van der Waals surface area contributed by atoms with E-state index in [1.54, 1.807) is 11.3 Å². The maximum atomic E-state index is 5.92. The van der Waals surface area contributed by atoms with E-state index in [0.29, 0.717) is 6.04 Å². The fraction of sp³-hybridized carbons (Fsp3) is 0.500. The summed E-state index contributed by atoms with van der Waals surface area (Å²) in [5.74, 6) is 0. The molecule has 0 aliphatic heterocycles. The molecule has 1 nitrogen and oxygen atoms in total. The van der Waals surface area contributed by atoms with Crippen LogP contribution in [0.1, 0.15) is 11.8 Å². The molecule has 1 N–H and O–H groups in total. The molecule has 1 aromatic rings. The van der Waals surface area contributed by atoms with Crippen LogP contribution in [0.25, 0.3) is 0 Å². The molecule has 0 aliphatic rings. The number of thiophene rings is 1. The van der Waals surface area contributed by atoms with Gasteiger partial charge in [0.25, 0.3) is 0 Å². The van der Waals surface area contributed by atoms with E-state index < -0.39 is 0 Å². The van der Waals surface area contributed by atoms with Crippen LogP contribution in [-0.2, 0) is 6.42 Å². The van der Waals surface area contributed by atoms with Crippen LogP contribution in [0.2, 0.25) is 5.02 Å². The van der Waals surface area contributed by atoms with Crippen LogP contribution in [0.4, 0.5) is 0 Å². The van der Waals surface area contributed by atoms with E-state index in [-0.39, 0.29) is 0 Å². The molecule has 11 heavy (non-hydrogen) atoms. The van der Waals surface area contributed by atoms with Gasteiger partial charge in [-0.2, -0.15) is 0 Å². The molecular weight excluding hydrogens is 178 g/mol. The highest BCUT2D eigenvalue weighted by Crippen LogP contribution is 2.23. The molecule has 0 radical (unpaired) electrons. The lowest BCUT2D eigenvalue weighted by molar-refractivity contribution is 0.613. The molecule has 1 unspecified atom stereocenters. The summed E-state index contributed by atoms with van der Waals surface area (Å²) in [5.41, 5.74) is 0. The van der Waals surface area contributed by atoms with Crippen molar-refractivity contribution < 1.29 is 0 Å². The van der Waals surface area contributed by atoms with Gasteiger partial charge >= 0.3 is 0 Å². The Morgan fingerprint density at radius 1 is 1.73 bits per heavy atom. The van der Waals surface area contributed by atoms with Gasteiger partial charge in [-0.3, -0.25) is 0 Å². The third-order valence-corrected chi connectivity index (χ3v) is 3.08. The SMILES string of the molecule is CNC(C)Cc1sccc1Cl. The number of halogens is 1. The van der Waals surface area contributed by atoms with Crippen molar-refractivity contribution in [2.75, 3.05) is 7.05 Å². The lowest BCUT2D eigenvalue weighted by Crippen LogP contribution is -2.23. The largest absolute Gasteiger partial charge is 0.317 e. The van der Waals surface area contributed by atoms with Crippen molar-refractivity contribution >= 4 is 22.9 Å². The Bertz CT molecular complexity index is 222. The zero-order chi connectivity index (χ0) is 8.27. The minimum absolute atomic E-state index is 0.506. The van der Waals surface area contributed by atoms with Crippen molar-refractivity contribution in [3.63, 3.8) is 0 Å². The number of nitrogens with one attached hydrogen (secondary N) is 1. The van der Waals surface area contributed by atoms with Crippen LogP contribution in [0.3, 0.4) is 0 Å². The van der Waals surface area contributed by atoms with Gasteiger partial charge in [-0.05, 0) is 31.8 Å². The van der Waals surface area contributed by atoms with Gasteiger partial charge in [0.05, 0.1) is 5.02 Å². The first kappa shape index (κ1) is 9.04. The lowest BCUT2D eigenvalue weighted by Gasteiger charge is -2.07. The molecule has 3 heteroatoms. The molecule has 0 aromatic carbocycles. The summed E-state index contributed by atoms with van der Waals surface area (Å²) in [5, 5.41) is 6.11. The predicted molar refractivity (Wildman–Crippen MR) is 51.6 cm³/mol. The summed E-state index contributed by atoms with van der Waals surface area (Å²) >= 11 is 7.64. The molecule has 62 valence electrons. The topological polar surface area (TPSA) is 12.0 Å². The first-order valence-electron chi connectivity index (χ1n) is 3.63. The van der Waals surface area contributed by atoms with Crippen LogP contribution in [0.5, 0.6) is 0 Å². The van der Waals surface area contributed by atoms with Crippen molar-refractivity contribution in [3.8, 4) is 0 Å². The number of rotatable bonds is 3. The summed E-state index contributed by atoms with van der Waals surface area (Å²) in [7, 11) is 1.96. The Balaban J connectivity index is 2.56. The molecule has 0 bridgehead atoms. The highest BCUT2D eigenvalue weighted by atomic mass is 35.5. The molecule has 1 rings (SSSR count). The monoisotopic (exact) mass is 189 g/mol. The lowest BCUT2D eigenvalue weighted by atomic mass is 10.2. The van der Waals surface area contributed by atoms with E-state index in [0.717, 1.165) is 11.4 Å². The van der Waals surface area contributed by atoms with E-state index in [9.17, 15) is 0 Å². The molecule has 0 amide bonds. The molecule has 0 spiro atoms. The zero-order valence-electron chi connectivity index (χ0n) is 6.73. The standard InChI is InChI=1S/C8H12ClNS/c1-6(10-2)5-8-7(9)3-4-11-8/h3-4,6,10H,5H2,1-2H3. The first-order chi connectivity index (χ1) is 5.24. The van der Waals surface area contributed by atoms with Gasteiger partial charge in [-0.15, -0.1) is 11.3 Å². The van der Waals surface area contributed by atoms with E-state index in [1.165, 1.54) is 4.88 Å². The molecule has 0 aliphatic carbocycles. The molecule has 0 saturated heterocycles. The minimum atomic E-state index is 0.506. The zero-order valence-corrected chi connectivity index (χ0v) is 8.30. The van der Waals surface area contributed by atoms with Crippen molar-refractivity contribution in [2.24, 2.45) is 0 Å². The second-order valence-corrected chi connectivity index (χ2v) is 3.99. The van der Waals surface area contributed by atoms with Crippen LogP contribution in [0.15, 0.2) is 11.4 Å². The summed E-state index contributed by atoms with van der Waals surface area (Å²) in [6.45, 7) is 2.15. The molecular formula is C8H12ClNS. The fourth-order valence-corrected chi connectivity index (χ4v) is 2.09. The van der Waals surface area contributed by atoms with Gasteiger partial charge in [0.2, 0.25) is 0 Å². The highest BCUT2D eigenvalue weighted by molar-refractivity contribution is 7.10. The Hall–Kier alpha value is -0.0500. The van der Waals surface area contributed by atoms with Crippen LogP contribution in [0, 0.1) is 0 Å². The molecule has 1 atom stereocenters. The van der Waals surface area contributed by atoms with E-state index in [2.05, 4.69) is 12.2 Å². The van der Waals surface area contributed by atoms with Crippen molar-refractivity contribution in [1.29, 1.82) is 0 Å². The first-order valence-corrected chi connectivity index (χ1v) is 4.89. The molecule has 0 saturated carbocycles. The Labute approximate surface area is 76.4 Å². The van der Waals surface area contributed by atoms with Crippen molar-refractivity contribution in [2.45, 2.75) is 19.4 Å². The van der Waals surface area contributed by atoms with Gasteiger partial charge in [0.15, 0.2) is 0 Å². The summed E-state index contributed by atoms with van der Waals surface area (Å²) in [4.78, 5) is 1.27. The number of hydrogen-bond acceptors (Lipinski definition) is 2. The summed E-state index contributed by atoms with van der Waals surface area (Å²) in [6, 6.07) is 2.45. The summed E-state index contributed by atoms with van der Waals surface area (Å²) in [6.07, 6.45) is 1.02. The van der Waals surface area contributed by atoms with Gasteiger partial charge in [0.1, 0.15) is 0 Å². The molecule has 0 fully saturated rings. The van der Waals surface area contributed by atoms with Gasteiger partial charge in [-0.25, -0.2) is 0 Å². The van der Waals surface area contributed by atoms with Gasteiger partial charge in [0, 0.05) is 10.9 Å². The smallest absolute Gasteiger partial charge is 0.0545 e. The molecule has 1 aromatic heterocycles. The third-order valence-electron chi connectivity index (χ3n) is 1.68. The van der Waals surface area contributed by atoms with Crippen LogP contribution < -0.4 is 5.32 Å².